The molecule has 6 rings (SSSR count). The van der Waals surface area contributed by atoms with Crippen LogP contribution in [0.15, 0.2) is 77.5 Å². The molecular weight excluding hydrogens is 552 g/mol. The minimum atomic E-state index is -4.06. The van der Waals surface area contributed by atoms with Crippen LogP contribution < -0.4 is 19.7 Å². The summed E-state index contributed by atoms with van der Waals surface area (Å²) in [5.41, 5.74) is 0.486. The van der Waals surface area contributed by atoms with Crippen molar-refractivity contribution >= 4 is 33.6 Å². The molecule has 14 heteroatoms. The Morgan fingerprint density at radius 1 is 0.951 bits per heavy atom. The maximum Gasteiger partial charge on any atom is 0.328 e. The molecule has 2 aliphatic heterocycles. The van der Waals surface area contributed by atoms with Crippen LogP contribution in [0.3, 0.4) is 0 Å². The lowest BCUT2D eigenvalue weighted by molar-refractivity contribution is -0.137. The van der Waals surface area contributed by atoms with Gasteiger partial charge < -0.3 is 9.15 Å². The highest BCUT2D eigenvalue weighted by Crippen LogP contribution is 2.39. The summed E-state index contributed by atoms with van der Waals surface area (Å²) in [5.74, 6) is -1.59. The standard InChI is InChI=1S/C27H18N6O7S/c28-13-16-1-3-17(4-2-16)21-15-39-23(30-21)18-5-8-20(9-6-18)40-22-10-7-19(14-29-22)33-27(11-12-41(33,37)38)24(34)31-26(36)32-25(27)35/h1-10,14-15H,11-12H2,(H2,31,32,34,35,36). The number of anilines is 1. The second-order valence-electron chi connectivity index (χ2n) is 9.14. The molecule has 0 unspecified atom stereocenters. The van der Waals surface area contributed by atoms with Crippen LogP contribution in [0.1, 0.15) is 12.0 Å². The molecule has 1 spiro atoms. The van der Waals surface area contributed by atoms with Crippen molar-refractivity contribution < 1.29 is 32.0 Å². The second kappa shape index (κ2) is 9.57. The summed E-state index contributed by atoms with van der Waals surface area (Å²) in [4.78, 5) is 45.6. The van der Waals surface area contributed by atoms with Crippen LogP contribution in [0.4, 0.5) is 10.5 Å². The monoisotopic (exact) mass is 570 g/mol. The van der Waals surface area contributed by atoms with Gasteiger partial charge >= 0.3 is 6.03 Å². The number of nitriles is 1. The highest BCUT2D eigenvalue weighted by molar-refractivity contribution is 7.93. The summed E-state index contributed by atoms with van der Waals surface area (Å²) in [5, 5.41) is 12.9. The molecule has 2 aliphatic rings. The Kier molecular flexibility index (Phi) is 6.00. The van der Waals surface area contributed by atoms with Gasteiger partial charge in [0.25, 0.3) is 11.8 Å². The van der Waals surface area contributed by atoms with E-state index in [0.717, 1.165) is 5.56 Å². The third-order valence-corrected chi connectivity index (χ3v) is 8.44. The van der Waals surface area contributed by atoms with Gasteiger partial charge in [0.15, 0.2) is 0 Å². The quantitative estimate of drug-likeness (QED) is 0.338. The fraction of sp³-hybridized carbons (Fsp3) is 0.111. The SMILES string of the molecule is N#Cc1ccc(-c2coc(-c3ccc(Oc4ccc(N5C6(CCS5(=O)=O)C(=O)NC(=O)NC6=O)cn4)cc3)n2)cc1. The molecule has 0 aliphatic carbocycles. The number of oxazole rings is 1. The Labute approximate surface area is 232 Å². The Bertz CT molecular complexity index is 1820. The number of nitrogens with zero attached hydrogens (tertiary/aromatic N) is 4. The van der Waals surface area contributed by atoms with E-state index < -0.39 is 39.2 Å². The number of pyridine rings is 1. The van der Waals surface area contributed by atoms with Crippen LogP contribution in [-0.2, 0) is 19.6 Å². The molecule has 2 aromatic heterocycles. The smallest absolute Gasteiger partial charge is 0.328 e. The van der Waals surface area contributed by atoms with E-state index in [-0.39, 0.29) is 18.0 Å². The number of hydrogen-bond donors (Lipinski definition) is 2. The number of hydrogen-bond acceptors (Lipinski definition) is 10. The lowest BCUT2D eigenvalue weighted by Crippen LogP contribution is -2.71. The average Bonchev–Trinajstić information content (AvgIpc) is 3.56. The first-order valence-electron chi connectivity index (χ1n) is 12.1. The van der Waals surface area contributed by atoms with Gasteiger partial charge in [0.2, 0.25) is 27.3 Å². The second-order valence-corrected chi connectivity index (χ2v) is 11.1. The van der Waals surface area contributed by atoms with E-state index in [1.54, 1.807) is 48.5 Å². The Morgan fingerprint density at radius 3 is 2.27 bits per heavy atom. The van der Waals surface area contributed by atoms with Gasteiger partial charge in [0, 0.05) is 23.6 Å². The number of imide groups is 2. The lowest BCUT2D eigenvalue weighted by Gasteiger charge is -2.37. The van der Waals surface area contributed by atoms with Crippen LogP contribution in [-0.4, -0.2) is 47.5 Å². The van der Waals surface area contributed by atoms with Crippen molar-refractivity contribution in [3.05, 3.63) is 78.7 Å². The molecule has 4 heterocycles. The van der Waals surface area contributed by atoms with Gasteiger partial charge in [-0.2, -0.15) is 5.26 Å². The Morgan fingerprint density at radius 2 is 1.63 bits per heavy atom. The zero-order valence-corrected chi connectivity index (χ0v) is 21.7. The first-order valence-corrected chi connectivity index (χ1v) is 13.7. The third kappa shape index (κ3) is 4.43. The van der Waals surface area contributed by atoms with Crippen molar-refractivity contribution in [1.82, 2.24) is 20.6 Å². The summed E-state index contributed by atoms with van der Waals surface area (Å²) >= 11 is 0. The Hall–Kier alpha value is -5.55. The number of amides is 4. The first-order chi connectivity index (χ1) is 19.7. The van der Waals surface area contributed by atoms with Crippen LogP contribution in [0, 0.1) is 11.3 Å². The summed E-state index contributed by atoms with van der Waals surface area (Å²) in [6, 6.07) is 17.6. The van der Waals surface area contributed by atoms with Gasteiger partial charge in [-0.25, -0.2) is 27.5 Å². The normalized spacial score (nSPS) is 17.1. The first kappa shape index (κ1) is 25.7. The molecule has 4 amide bonds. The number of ether oxygens (including phenoxy) is 1. The molecule has 204 valence electrons. The molecule has 13 nitrogen and oxygen atoms in total. The van der Waals surface area contributed by atoms with Gasteiger partial charge in [-0.1, -0.05) is 12.1 Å². The highest BCUT2D eigenvalue weighted by atomic mass is 32.2. The van der Waals surface area contributed by atoms with E-state index in [1.807, 2.05) is 10.6 Å². The van der Waals surface area contributed by atoms with Gasteiger partial charge in [0.1, 0.15) is 17.7 Å². The Balaban J connectivity index is 1.18. The topological polar surface area (TPSA) is 185 Å². The van der Waals surface area contributed by atoms with Crippen LogP contribution in [0.25, 0.3) is 22.7 Å². The fourth-order valence-electron chi connectivity index (χ4n) is 4.64. The third-order valence-electron chi connectivity index (χ3n) is 6.64. The molecule has 0 atom stereocenters. The van der Waals surface area contributed by atoms with Crippen molar-refractivity contribution in [2.75, 3.05) is 10.1 Å². The van der Waals surface area contributed by atoms with E-state index in [0.29, 0.717) is 32.8 Å². The van der Waals surface area contributed by atoms with E-state index in [1.165, 1.54) is 24.6 Å². The van der Waals surface area contributed by atoms with Crippen molar-refractivity contribution in [3.63, 3.8) is 0 Å². The fourth-order valence-corrected chi connectivity index (χ4v) is 6.54. The van der Waals surface area contributed by atoms with E-state index in [9.17, 15) is 22.8 Å². The summed E-state index contributed by atoms with van der Waals surface area (Å²) in [6.45, 7) is 0. The number of carbonyl (C=O) groups excluding carboxylic acids is 3. The number of benzene rings is 2. The molecule has 2 aromatic carbocycles. The summed E-state index contributed by atoms with van der Waals surface area (Å²) in [6.07, 6.45) is 2.36. The minimum absolute atomic E-state index is 0.0354. The number of rotatable bonds is 5. The number of urea groups is 1. The van der Waals surface area contributed by atoms with Crippen molar-refractivity contribution in [2.24, 2.45) is 0 Å². The van der Waals surface area contributed by atoms with E-state index in [2.05, 4.69) is 16.0 Å². The maximum atomic E-state index is 12.8. The largest absolute Gasteiger partial charge is 0.444 e. The van der Waals surface area contributed by atoms with Crippen molar-refractivity contribution in [1.29, 1.82) is 5.26 Å². The predicted octanol–water partition coefficient (Wildman–Crippen LogP) is 2.71. The molecule has 2 fully saturated rings. The molecule has 4 aromatic rings. The highest BCUT2D eigenvalue weighted by Gasteiger charge is 2.62. The molecule has 2 saturated heterocycles. The molecule has 0 saturated carbocycles. The summed E-state index contributed by atoms with van der Waals surface area (Å²) < 4.78 is 37.8. The molecule has 2 N–H and O–H groups in total. The van der Waals surface area contributed by atoms with Crippen LogP contribution in [0.5, 0.6) is 11.6 Å². The van der Waals surface area contributed by atoms with Gasteiger partial charge in [-0.15, -0.1) is 0 Å². The summed E-state index contributed by atoms with van der Waals surface area (Å²) in [7, 11) is -4.06. The van der Waals surface area contributed by atoms with E-state index >= 15 is 0 Å². The molecule has 41 heavy (non-hydrogen) atoms. The maximum absolute atomic E-state index is 12.8. The van der Waals surface area contributed by atoms with Crippen molar-refractivity contribution in [3.8, 4) is 40.4 Å². The average molecular weight is 571 g/mol. The van der Waals surface area contributed by atoms with Gasteiger partial charge in [-0.05, 0) is 42.5 Å². The van der Waals surface area contributed by atoms with Crippen LogP contribution >= 0.6 is 0 Å². The van der Waals surface area contributed by atoms with Crippen LogP contribution in [0.2, 0.25) is 0 Å². The van der Waals surface area contributed by atoms with Gasteiger partial charge in [0.05, 0.1) is 29.3 Å². The number of sulfonamides is 1. The zero-order valence-electron chi connectivity index (χ0n) is 20.9. The van der Waals surface area contributed by atoms with E-state index in [4.69, 9.17) is 14.4 Å². The van der Waals surface area contributed by atoms with Gasteiger partial charge in [-0.3, -0.25) is 20.2 Å². The lowest BCUT2D eigenvalue weighted by atomic mass is 9.92. The number of nitrogens with one attached hydrogen (secondary N) is 2. The minimum Gasteiger partial charge on any atom is -0.444 e. The number of aromatic nitrogens is 2. The molecular formula is C27H18N6O7S. The number of barbiturate groups is 1. The molecule has 0 radical (unpaired) electrons. The number of carbonyl (C=O) groups is 3. The molecule has 0 bridgehead atoms. The zero-order chi connectivity index (χ0) is 28.8. The predicted molar refractivity (Wildman–Crippen MR) is 142 cm³/mol. The van der Waals surface area contributed by atoms with Crippen molar-refractivity contribution in [2.45, 2.75) is 12.0 Å².